The van der Waals surface area contributed by atoms with Gasteiger partial charge >= 0.3 is 5.97 Å². The fraction of sp³-hybridized carbons (Fsp3) is 0.400. The Morgan fingerprint density at radius 3 is 2.69 bits per heavy atom. The van der Waals surface area contributed by atoms with Crippen molar-refractivity contribution < 1.29 is 9.53 Å². The first-order chi connectivity index (χ1) is 14.0. The Bertz CT molecular complexity index is 973. The van der Waals surface area contributed by atoms with E-state index in [1.807, 2.05) is 49.5 Å². The van der Waals surface area contributed by atoms with E-state index in [-0.39, 0.29) is 23.9 Å². The predicted molar refractivity (Wildman–Crippen MR) is 112 cm³/mol. The van der Waals surface area contributed by atoms with Crippen LogP contribution in [0, 0.1) is 40.9 Å². The van der Waals surface area contributed by atoms with Crippen LogP contribution in [0.5, 0.6) is 0 Å². The van der Waals surface area contributed by atoms with E-state index in [9.17, 15) is 10.1 Å². The highest BCUT2D eigenvalue weighted by Crippen LogP contribution is 2.48. The second-order valence-electron chi connectivity index (χ2n) is 8.46. The Morgan fingerprint density at radius 2 is 1.97 bits per heavy atom. The molecule has 0 bridgehead atoms. The summed E-state index contributed by atoms with van der Waals surface area (Å²) >= 11 is 0. The smallest absolute Gasteiger partial charge is 0.309 e. The van der Waals surface area contributed by atoms with Crippen molar-refractivity contribution in [2.24, 2.45) is 29.6 Å². The van der Waals surface area contributed by atoms with Crippen LogP contribution < -0.4 is 0 Å². The molecule has 4 rings (SSSR count). The molecule has 0 spiro atoms. The summed E-state index contributed by atoms with van der Waals surface area (Å²) < 4.78 is 5.56. The van der Waals surface area contributed by atoms with E-state index in [0.717, 1.165) is 23.2 Å². The molecule has 1 aliphatic carbocycles. The second-order valence-corrected chi connectivity index (χ2v) is 8.46. The Labute approximate surface area is 172 Å². The highest BCUT2D eigenvalue weighted by Gasteiger charge is 2.51. The number of rotatable bonds is 3. The van der Waals surface area contributed by atoms with Gasteiger partial charge in [-0.15, -0.1) is 0 Å². The number of ether oxygens (including phenoxy) is 1. The molecule has 1 aromatic heterocycles. The van der Waals surface area contributed by atoms with E-state index in [4.69, 9.17) is 4.74 Å². The maximum absolute atomic E-state index is 12.2. The molecule has 1 aromatic carbocycles. The molecule has 0 amide bonds. The van der Waals surface area contributed by atoms with E-state index in [1.54, 1.807) is 0 Å². The second kappa shape index (κ2) is 7.83. The first-order valence-electron chi connectivity index (χ1n) is 10.3. The van der Waals surface area contributed by atoms with E-state index in [1.165, 1.54) is 0 Å². The quantitative estimate of drug-likeness (QED) is 0.688. The van der Waals surface area contributed by atoms with Gasteiger partial charge in [0.2, 0.25) is 0 Å². The molecular formula is C25H26N2O2. The van der Waals surface area contributed by atoms with Gasteiger partial charge in [-0.25, -0.2) is 0 Å². The van der Waals surface area contributed by atoms with Crippen molar-refractivity contribution in [3.05, 3.63) is 59.9 Å². The lowest BCUT2D eigenvalue weighted by Crippen LogP contribution is -2.39. The molecule has 0 unspecified atom stereocenters. The summed E-state index contributed by atoms with van der Waals surface area (Å²) in [5.74, 6) is 1.51. The molecule has 2 aromatic rings. The summed E-state index contributed by atoms with van der Waals surface area (Å²) in [7, 11) is 0. The first kappa shape index (κ1) is 19.4. The summed E-state index contributed by atoms with van der Waals surface area (Å²) in [6, 6.07) is 13.8. The number of fused-ring (bicyclic) bond motifs is 1. The van der Waals surface area contributed by atoms with Crippen LogP contribution in [-0.4, -0.2) is 17.1 Å². The molecule has 4 heteroatoms. The average molecular weight is 386 g/mol. The average Bonchev–Trinajstić information content (AvgIpc) is 3.01. The Morgan fingerprint density at radius 1 is 1.17 bits per heavy atom. The molecule has 0 N–H and O–H groups in total. The number of pyridine rings is 1. The predicted octanol–water partition coefficient (Wildman–Crippen LogP) is 5.10. The first-order valence-corrected chi connectivity index (χ1v) is 10.3. The molecule has 2 aliphatic rings. The van der Waals surface area contributed by atoms with Gasteiger partial charge in [0.1, 0.15) is 6.10 Å². The van der Waals surface area contributed by atoms with Crippen molar-refractivity contribution in [3.63, 3.8) is 0 Å². The van der Waals surface area contributed by atoms with Crippen molar-refractivity contribution in [1.29, 1.82) is 5.26 Å². The number of allylic oxidation sites excluding steroid dienone is 1. The maximum atomic E-state index is 12.2. The van der Waals surface area contributed by atoms with Gasteiger partial charge in [-0.3, -0.25) is 9.78 Å². The van der Waals surface area contributed by atoms with Crippen LogP contribution in [0.4, 0.5) is 0 Å². The number of hydrogen-bond donors (Lipinski definition) is 0. The van der Waals surface area contributed by atoms with Gasteiger partial charge in [0.05, 0.1) is 23.2 Å². The maximum Gasteiger partial charge on any atom is 0.309 e. The topological polar surface area (TPSA) is 63.0 Å². The molecule has 6 atom stereocenters. The van der Waals surface area contributed by atoms with Crippen LogP contribution in [0.25, 0.3) is 17.2 Å². The van der Waals surface area contributed by atoms with Gasteiger partial charge < -0.3 is 4.74 Å². The Hall–Kier alpha value is -2.93. The molecule has 4 nitrogen and oxygen atoms in total. The normalized spacial score (nSPS) is 31.3. The molecular weight excluding hydrogens is 360 g/mol. The Kier molecular flexibility index (Phi) is 5.24. The molecule has 2 heterocycles. The zero-order valence-electron chi connectivity index (χ0n) is 17.1. The van der Waals surface area contributed by atoms with Crippen LogP contribution in [-0.2, 0) is 9.53 Å². The lowest BCUT2D eigenvalue weighted by atomic mass is 9.62. The fourth-order valence-electron chi connectivity index (χ4n) is 5.02. The number of cyclic esters (lactones) is 1. The number of hydrogen-bond acceptors (Lipinski definition) is 4. The van der Waals surface area contributed by atoms with E-state index >= 15 is 0 Å². The number of aromatic nitrogens is 1. The summed E-state index contributed by atoms with van der Waals surface area (Å²) in [5, 5.41) is 9.31. The molecule has 1 saturated carbocycles. The zero-order valence-corrected chi connectivity index (χ0v) is 17.1. The number of nitriles is 1. The van der Waals surface area contributed by atoms with E-state index < -0.39 is 0 Å². The summed E-state index contributed by atoms with van der Waals surface area (Å²) in [5.41, 5.74) is 3.35. The van der Waals surface area contributed by atoms with Crippen molar-refractivity contribution >= 4 is 12.0 Å². The van der Waals surface area contributed by atoms with Crippen LogP contribution >= 0.6 is 0 Å². The van der Waals surface area contributed by atoms with Crippen molar-refractivity contribution in [3.8, 4) is 17.2 Å². The number of nitrogens with zero attached hydrogens (tertiary/aromatic N) is 2. The van der Waals surface area contributed by atoms with Crippen molar-refractivity contribution in [2.45, 2.75) is 33.3 Å². The molecule has 2 fully saturated rings. The highest BCUT2D eigenvalue weighted by molar-refractivity contribution is 5.75. The lowest BCUT2D eigenvalue weighted by molar-refractivity contribution is -0.144. The number of esters is 1. The van der Waals surface area contributed by atoms with Crippen molar-refractivity contribution in [2.75, 3.05) is 0 Å². The molecule has 1 saturated heterocycles. The van der Waals surface area contributed by atoms with E-state index in [2.05, 4.69) is 37.1 Å². The largest absolute Gasteiger partial charge is 0.462 e. The van der Waals surface area contributed by atoms with Gasteiger partial charge in [0.15, 0.2) is 0 Å². The zero-order chi connectivity index (χ0) is 20.5. The van der Waals surface area contributed by atoms with Crippen LogP contribution in [0.15, 0.2) is 48.7 Å². The van der Waals surface area contributed by atoms with Gasteiger partial charge in [-0.2, -0.15) is 5.26 Å². The fourth-order valence-corrected chi connectivity index (χ4v) is 5.02. The molecule has 29 heavy (non-hydrogen) atoms. The summed E-state index contributed by atoms with van der Waals surface area (Å²) in [6.45, 7) is 6.53. The molecule has 1 aliphatic heterocycles. The van der Waals surface area contributed by atoms with Crippen molar-refractivity contribution in [1.82, 2.24) is 4.98 Å². The summed E-state index contributed by atoms with van der Waals surface area (Å²) in [6.07, 6.45) is 6.99. The van der Waals surface area contributed by atoms with Gasteiger partial charge in [-0.1, -0.05) is 44.2 Å². The highest BCUT2D eigenvalue weighted by atomic mass is 16.6. The number of carbonyl (C=O) groups excluding carboxylic acids is 1. The van der Waals surface area contributed by atoms with Gasteiger partial charge in [0.25, 0.3) is 0 Å². The lowest BCUT2D eigenvalue weighted by Gasteiger charge is -2.40. The third-order valence-electron chi connectivity index (χ3n) is 6.82. The Balaban J connectivity index is 1.57. The third-order valence-corrected chi connectivity index (χ3v) is 6.82. The van der Waals surface area contributed by atoms with Crippen LogP contribution in [0.2, 0.25) is 0 Å². The monoisotopic (exact) mass is 386 g/mol. The number of benzene rings is 1. The van der Waals surface area contributed by atoms with Crippen LogP contribution in [0.1, 0.15) is 38.4 Å². The minimum Gasteiger partial charge on any atom is -0.462 e. The number of carbonyl (C=O) groups is 1. The third kappa shape index (κ3) is 3.58. The standard InChI is InChI=1S/C25H26N2O2/c1-15-12-23-24(17(3)29-25(23)28)21(16(15)2)11-10-20-9-8-19(14-27-20)22-7-5-4-6-18(22)13-26/h4-11,14-17,21,23-24H,12H2,1-3H3/t15-,16+,17+,21-,23+,24-/m0/s1. The van der Waals surface area contributed by atoms with Crippen LogP contribution in [0.3, 0.4) is 0 Å². The molecule has 0 radical (unpaired) electrons. The van der Waals surface area contributed by atoms with Gasteiger partial charge in [0, 0.05) is 23.2 Å². The SMILES string of the molecule is C[C@H]1[C@H](C=Cc2ccc(-c3ccccc3C#N)cn2)[C@@H]2[C@@H](C)OC(=O)[C@@H]2C[C@@H]1C. The van der Waals surface area contributed by atoms with Gasteiger partial charge in [-0.05, 0) is 49.3 Å². The minimum atomic E-state index is -0.0325. The summed E-state index contributed by atoms with van der Waals surface area (Å²) in [4.78, 5) is 16.8. The minimum absolute atomic E-state index is 0.0173. The van der Waals surface area contributed by atoms with E-state index in [0.29, 0.717) is 23.3 Å². The molecule has 148 valence electrons.